The summed E-state index contributed by atoms with van der Waals surface area (Å²) in [5, 5.41) is 7.73. The number of esters is 1. The van der Waals surface area contributed by atoms with Crippen molar-refractivity contribution < 1.29 is 27.4 Å². The van der Waals surface area contributed by atoms with E-state index in [1.54, 1.807) is 36.1 Å². The van der Waals surface area contributed by atoms with E-state index < -0.39 is 17.6 Å². The Hall–Kier alpha value is -2.84. The number of carbonyl (C=O) groups excluding carboxylic acids is 1. The Labute approximate surface area is 173 Å². The number of carbonyl (C=O) groups is 1. The SMILES string of the molecule is CCOC(=O)CC[C@H]1CCCN1c1cc(C(F)(F)F)c(OCc2ccccc2)nn1. The maximum absolute atomic E-state index is 13.6. The van der Waals surface area contributed by atoms with Crippen LogP contribution in [0.5, 0.6) is 5.88 Å². The predicted molar refractivity (Wildman–Crippen MR) is 104 cm³/mol. The van der Waals surface area contributed by atoms with Crippen LogP contribution in [0.3, 0.4) is 0 Å². The molecule has 1 saturated heterocycles. The summed E-state index contributed by atoms with van der Waals surface area (Å²) in [7, 11) is 0. The molecule has 0 N–H and O–H groups in total. The second-order valence-electron chi connectivity index (χ2n) is 7.03. The Balaban J connectivity index is 1.76. The molecular weight excluding hydrogens is 399 g/mol. The Bertz CT molecular complexity index is 846. The fourth-order valence-electron chi connectivity index (χ4n) is 3.50. The lowest BCUT2D eigenvalue weighted by molar-refractivity contribution is -0.143. The minimum atomic E-state index is -4.63. The van der Waals surface area contributed by atoms with Gasteiger partial charge in [0.15, 0.2) is 5.82 Å². The molecule has 2 aromatic rings. The molecule has 0 aliphatic carbocycles. The number of anilines is 1. The van der Waals surface area contributed by atoms with Crippen molar-refractivity contribution in [2.75, 3.05) is 18.1 Å². The molecule has 0 saturated carbocycles. The Morgan fingerprint density at radius 3 is 2.70 bits per heavy atom. The third-order valence-electron chi connectivity index (χ3n) is 4.93. The number of benzene rings is 1. The molecule has 1 aromatic heterocycles. The number of aromatic nitrogens is 2. The topological polar surface area (TPSA) is 64.5 Å². The summed E-state index contributed by atoms with van der Waals surface area (Å²) in [6, 6.07) is 9.79. The van der Waals surface area contributed by atoms with E-state index in [2.05, 4.69) is 10.2 Å². The monoisotopic (exact) mass is 423 g/mol. The first-order valence-corrected chi connectivity index (χ1v) is 9.92. The molecule has 0 radical (unpaired) electrons. The average Bonchev–Trinajstić information content (AvgIpc) is 3.19. The smallest absolute Gasteiger partial charge is 0.421 e. The highest BCUT2D eigenvalue weighted by Gasteiger charge is 2.38. The van der Waals surface area contributed by atoms with Crippen LogP contribution in [-0.2, 0) is 22.3 Å². The van der Waals surface area contributed by atoms with E-state index in [4.69, 9.17) is 9.47 Å². The summed E-state index contributed by atoms with van der Waals surface area (Å²) >= 11 is 0. The van der Waals surface area contributed by atoms with Crippen LogP contribution in [0.4, 0.5) is 19.0 Å². The van der Waals surface area contributed by atoms with E-state index in [0.29, 0.717) is 19.6 Å². The molecule has 1 aliphatic heterocycles. The van der Waals surface area contributed by atoms with Crippen molar-refractivity contribution in [3.05, 3.63) is 47.5 Å². The highest BCUT2D eigenvalue weighted by Crippen LogP contribution is 2.38. The van der Waals surface area contributed by atoms with Crippen LogP contribution in [-0.4, -0.2) is 35.4 Å². The predicted octanol–water partition coefficient (Wildman–Crippen LogP) is 4.39. The zero-order valence-electron chi connectivity index (χ0n) is 16.7. The minimum Gasteiger partial charge on any atom is -0.471 e. The van der Waals surface area contributed by atoms with Gasteiger partial charge in [0.05, 0.1) is 6.61 Å². The van der Waals surface area contributed by atoms with Crippen LogP contribution in [0.2, 0.25) is 0 Å². The van der Waals surface area contributed by atoms with Crippen molar-refractivity contribution in [2.45, 2.75) is 51.4 Å². The van der Waals surface area contributed by atoms with Gasteiger partial charge in [-0.1, -0.05) is 30.3 Å². The summed E-state index contributed by atoms with van der Waals surface area (Å²) in [5.41, 5.74) is -0.227. The van der Waals surface area contributed by atoms with Crippen LogP contribution in [0.15, 0.2) is 36.4 Å². The molecular formula is C21H24F3N3O3. The number of alkyl halides is 3. The van der Waals surface area contributed by atoms with E-state index in [0.717, 1.165) is 24.5 Å². The highest BCUT2D eigenvalue weighted by atomic mass is 19.4. The van der Waals surface area contributed by atoms with E-state index in [-0.39, 0.29) is 30.9 Å². The van der Waals surface area contributed by atoms with Crippen molar-refractivity contribution in [1.29, 1.82) is 0 Å². The molecule has 30 heavy (non-hydrogen) atoms. The summed E-state index contributed by atoms with van der Waals surface area (Å²) < 4.78 is 51.2. The summed E-state index contributed by atoms with van der Waals surface area (Å²) in [4.78, 5) is 13.4. The lowest BCUT2D eigenvalue weighted by atomic mass is 10.1. The molecule has 1 aliphatic rings. The molecule has 0 spiro atoms. The van der Waals surface area contributed by atoms with Gasteiger partial charge in [0.2, 0.25) is 5.88 Å². The summed E-state index contributed by atoms with van der Waals surface area (Å²) in [6.07, 6.45) is -2.34. The van der Waals surface area contributed by atoms with E-state index in [1.807, 2.05) is 6.07 Å². The van der Waals surface area contributed by atoms with Gasteiger partial charge in [0, 0.05) is 25.1 Å². The van der Waals surface area contributed by atoms with Gasteiger partial charge < -0.3 is 14.4 Å². The molecule has 0 bridgehead atoms. The van der Waals surface area contributed by atoms with Crippen molar-refractivity contribution in [3.8, 4) is 5.88 Å². The third-order valence-corrected chi connectivity index (χ3v) is 4.93. The largest absolute Gasteiger partial charge is 0.471 e. The van der Waals surface area contributed by atoms with E-state index >= 15 is 0 Å². The quantitative estimate of drug-likeness (QED) is 0.587. The minimum absolute atomic E-state index is 0.0379. The molecule has 3 rings (SSSR count). The van der Waals surface area contributed by atoms with Crippen LogP contribution in [0, 0.1) is 0 Å². The number of rotatable bonds is 8. The maximum atomic E-state index is 13.6. The van der Waals surface area contributed by atoms with Gasteiger partial charge in [-0.15, -0.1) is 10.2 Å². The number of hydrogen-bond acceptors (Lipinski definition) is 6. The molecule has 162 valence electrons. The van der Waals surface area contributed by atoms with Crippen molar-refractivity contribution >= 4 is 11.8 Å². The summed E-state index contributed by atoms with van der Waals surface area (Å²) in [5.74, 6) is -0.714. The van der Waals surface area contributed by atoms with E-state index in [9.17, 15) is 18.0 Å². The molecule has 9 heteroatoms. The molecule has 6 nitrogen and oxygen atoms in total. The number of nitrogens with zero attached hydrogens (tertiary/aromatic N) is 3. The molecule has 1 aromatic carbocycles. The molecule has 1 fully saturated rings. The van der Waals surface area contributed by atoms with Gasteiger partial charge in [-0.3, -0.25) is 4.79 Å². The Kier molecular flexibility index (Phi) is 7.12. The van der Waals surface area contributed by atoms with Crippen LogP contribution < -0.4 is 9.64 Å². The first-order valence-electron chi connectivity index (χ1n) is 9.92. The molecule has 1 atom stereocenters. The van der Waals surface area contributed by atoms with Gasteiger partial charge >= 0.3 is 12.1 Å². The second kappa shape index (κ2) is 9.77. The highest BCUT2D eigenvalue weighted by molar-refractivity contribution is 5.69. The number of hydrogen-bond donors (Lipinski definition) is 0. The van der Waals surface area contributed by atoms with Gasteiger partial charge in [-0.2, -0.15) is 13.2 Å². The van der Waals surface area contributed by atoms with Crippen molar-refractivity contribution in [1.82, 2.24) is 10.2 Å². The first-order chi connectivity index (χ1) is 14.4. The fraction of sp³-hybridized carbons (Fsp3) is 0.476. The van der Waals surface area contributed by atoms with Crippen LogP contribution >= 0.6 is 0 Å². The van der Waals surface area contributed by atoms with Gasteiger partial charge in [-0.05, 0) is 31.7 Å². The zero-order chi connectivity index (χ0) is 21.6. The summed E-state index contributed by atoms with van der Waals surface area (Å²) in [6.45, 7) is 2.56. The van der Waals surface area contributed by atoms with Gasteiger partial charge in [0.25, 0.3) is 0 Å². The van der Waals surface area contributed by atoms with Crippen molar-refractivity contribution in [2.24, 2.45) is 0 Å². The zero-order valence-corrected chi connectivity index (χ0v) is 16.7. The van der Waals surface area contributed by atoms with Crippen LogP contribution in [0.1, 0.15) is 43.7 Å². The van der Waals surface area contributed by atoms with E-state index in [1.165, 1.54) is 0 Å². The van der Waals surface area contributed by atoms with Crippen LogP contribution in [0.25, 0.3) is 0 Å². The second-order valence-corrected chi connectivity index (χ2v) is 7.03. The average molecular weight is 423 g/mol. The van der Waals surface area contributed by atoms with Gasteiger partial charge in [-0.25, -0.2) is 0 Å². The number of ether oxygens (including phenoxy) is 2. The third kappa shape index (κ3) is 5.61. The lowest BCUT2D eigenvalue weighted by Gasteiger charge is -2.26. The number of halogens is 3. The normalized spacial score (nSPS) is 16.5. The maximum Gasteiger partial charge on any atom is 0.421 e. The molecule has 0 unspecified atom stereocenters. The molecule has 2 heterocycles. The lowest BCUT2D eigenvalue weighted by Crippen LogP contribution is -2.31. The standard InChI is InChI=1S/C21H24F3N3O3/c1-2-29-19(28)11-10-16-9-6-12-27(16)18-13-17(21(22,23)24)20(26-25-18)30-14-15-7-4-3-5-8-15/h3-5,7-8,13,16H,2,6,9-12,14H2,1H3/t16-/m1/s1. The fourth-order valence-corrected chi connectivity index (χ4v) is 3.50. The molecule has 0 amide bonds. The Morgan fingerprint density at radius 1 is 1.23 bits per heavy atom. The van der Waals surface area contributed by atoms with Crippen molar-refractivity contribution in [3.63, 3.8) is 0 Å². The Morgan fingerprint density at radius 2 is 2.00 bits per heavy atom. The first kappa shape index (κ1) is 21.9. The van der Waals surface area contributed by atoms with Gasteiger partial charge in [0.1, 0.15) is 12.2 Å².